The molecule has 8 heteroatoms. The number of nitro groups is 1. The molecule has 1 aromatic carbocycles. The lowest BCUT2D eigenvalue weighted by Crippen LogP contribution is -1.99. The van der Waals surface area contributed by atoms with E-state index in [4.69, 9.17) is 0 Å². The van der Waals surface area contributed by atoms with Crippen molar-refractivity contribution in [2.45, 2.75) is 5.75 Å². The minimum Gasteiger partial charge on any atom is -0.258 e. The summed E-state index contributed by atoms with van der Waals surface area (Å²) in [6.45, 7) is 0. The van der Waals surface area contributed by atoms with Crippen LogP contribution in [0.15, 0.2) is 18.2 Å². The minimum absolute atomic E-state index is 0.175. The Kier molecular flexibility index (Phi) is 2.98. The monoisotopic (exact) mass is 237 g/mol. The predicted molar refractivity (Wildman–Crippen MR) is 46.8 cm³/mol. The zero-order valence-electron chi connectivity index (χ0n) is 7.18. The Morgan fingerprint density at radius 1 is 1.40 bits per heavy atom. The van der Waals surface area contributed by atoms with Crippen molar-refractivity contribution in [1.82, 2.24) is 0 Å². The molecule has 0 atom stereocenters. The van der Waals surface area contributed by atoms with Crippen molar-refractivity contribution in [3.8, 4) is 0 Å². The second-order valence-electron chi connectivity index (χ2n) is 2.73. The van der Waals surface area contributed by atoms with Gasteiger partial charge in [0, 0.05) is 6.07 Å². The second kappa shape index (κ2) is 3.89. The summed E-state index contributed by atoms with van der Waals surface area (Å²) >= 11 is 0. The van der Waals surface area contributed by atoms with Crippen LogP contribution < -0.4 is 0 Å². The van der Waals surface area contributed by atoms with Gasteiger partial charge in [0.2, 0.25) is 5.82 Å². The molecule has 15 heavy (non-hydrogen) atoms. The molecule has 0 fully saturated rings. The SMILES string of the molecule is O=[N+]([O-])c1cc(CS(=O)(=O)F)ccc1F. The third-order valence-electron chi connectivity index (χ3n) is 1.55. The summed E-state index contributed by atoms with van der Waals surface area (Å²) in [5.74, 6) is -2.10. The van der Waals surface area contributed by atoms with E-state index in [-0.39, 0.29) is 5.56 Å². The van der Waals surface area contributed by atoms with E-state index in [1.807, 2.05) is 0 Å². The fourth-order valence-corrected chi connectivity index (χ4v) is 1.56. The Bertz CT molecular complexity index is 500. The smallest absolute Gasteiger partial charge is 0.258 e. The van der Waals surface area contributed by atoms with Crippen LogP contribution in [0.5, 0.6) is 0 Å². The molecule has 0 saturated carbocycles. The van der Waals surface area contributed by atoms with Crippen molar-refractivity contribution >= 4 is 15.9 Å². The van der Waals surface area contributed by atoms with Gasteiger partial charge >= 0.3 is 15.9 Å². The zero-order chi connectivity index (χ0) is 11.6. The standard InChI is InChI=1S/C7H5F2NO4S/c8-6-2-1-5(4-15(9,13)14)3-7(6)10(11)12/h1-3H,4H2. The van der Waals surface area contributed by atoms with Gasteiger partial charge in [0.1, 0.15) is 5.75 Å². The van der Waals surface area contributed by atoms with Crippen molar-refractivity contribution in [2.75, 3.05) is 0 Å². The lowest BCUT2D eigenvalue weighted by molar-refractivity contribution is -0.387. The highest BCUT2D eigenvalue weighted by Gasteiger charge is 2.17. The molecule has 0 aliphatic rings. The largest absolute Gasteiger partial charge is 0.306 e. The zero-order valence-corrected chi connectivity index (χ0v) is 8.00. The topological polar surface area (TPSA) is 77.3 Å². The number of benzene rings is 1. The number of hydrogen-bond donors (Lipinski definition) is 0. The molecular weight excluding hydrogens is 232 g/mol. The van der Waals surface area contributed by atoms with Crippen LogP contribution in [0.3, 0.4) is 0 Å². The van der Waals surface area contributed by atoms with Crippen molar-refractivity contribution < 1.29 is 21.6 Å². The Morgan fingerprint density at radius 2 is 2.00 bits per heavy atom. The van der Waals surface area contributed by atoms with Crippen LogP contribution in [0, 0.1) is 15.9 Å². The lowest BCUT2D eigenvalue weighted by atomic mass is 10.2. The summed E-state index contributed by atoms with van der Waals surface area (Å²) in [6.07, 6.45) is 0. The second-order valence-corrected chi connectivity index (χ2v) is 4.09. The number of hydrogen-bond acceptors (Lipinski definition) is 4. The van der Waals surface area contributed by atoms with Crippen LogP contribution in [0.25, 0.3) is 0 Å². The van der Waals surface area contributed by atoms with Gasteiger partial charge in [-0.3, -0.25) is 10.1 Å². The minimum atomic E-state index is -4.78. The van der Waals surface area contributed by atoms with E-state index in [0.29, 0.717) is 6.07 Å². The summed E-state index contributed by atoms with van der Waals surface area (Å²) in [6, 6.07) is 2.38. The normalized spacial score (nSPS) is 11.3. The van der Waals surface area contributed by atoms with E-state index in [1.165, 1.54) is 0 Å². The first-order valence-corrected chi connectivity index (χ1v) is 5.20. The average molecular weight is 237 g/mol. The molecule has 82 valence electrons. The van der Waals surface area contributed by atoms with Crippen molar-refractivity contribution in [3.63, 3.8) is 0 Å². The number of halogens is 2. The fourth-order valence-electron chi connectivity index (χ4n) is 0.987. The molecule has 0 N–H and O–H groups in total. The highest BCUT2D eigenvalue weighted by atomic mass is 32.3. The van der Waals surface area contributed by atoms with Gasteiger partial charge in [-0.2, -0.15) is 12.8 Å². The van der Waals surface area contributed by atoms with Gasteiger partial charge in [-0.25, -0.2) is 0 Å². The first kappa shape index (κ1) is 11.5. The number of nitrogens with zero attached hydrogens (tertiary/aromatic N) is 1. The van der Waals surface area contributed by atoms with E-state index >= 15 is 0 Å². The molecule has 0 aliphatic carbocycles. The van der Waals surface area contributed by atoms with Crippen LogP contribution in [0.1, 0.15) is 5.56 Å². The number of nitro benzene ring substituents is 1. The van der Waals surface area contributed by atoms with E-state index in [1.54, 1.807) is 0 Å². The van der Waals surface area contributed by atoms with Crippen LogP contribution in [0.2, 0.25) is 0 Å². The molecule has 0 aliphatic heterocycles. The molecule has 0 unspecified atom stereocenters. The average Bonchev–Trinajstić information content (AvgIpc) is 2.05. The van der Waals surface area contributed by atoms with Gasteiger partial charge in [0.05, 0.1) is 4.92 Å². The Morgan fingerprint density at radius 3 is 2.47 bits per heavy atom. The van der Waals surface area contributed by atoms with E-state index < -0.39 is 32.4 Å². The summed E-state index contributed by atoms with van der Waals surface area (Å²) < 4.78 is 45.5. The van der Waals surface area contributed by atoms with Gasteiger partial charge in [0.25, 0.3) is 0 Å². The molecule has 0 saturated heterocycles. The van der Waals surface area contributed by atoms with E-state index in [0.717, 1.165) is 12.1 Å². The third-order valence-corrected chi connectivity index (χ3v) is 2.22. The molecule has 0 amide bonds. The molecular formula is C7H5F2NO4S. The van der Waals surface area contributed by atoms with Crippen LogP contribution in [-0.2, 0) is 16.0 Å². The summed E-state index contributed by atoms with van der Waals surface area (Å²) in [7, 11) is -4.78. The number of rotatable bonds is 3. The molecule has 0 spiro atoms. The summed E-state index contributed by atoms with van der Waals surface area (Å²) in [4.78, 5) is 9.25. The van der Waals surface area contributed by atoms with Gasteiger partial charge in [0.15, 0.2) is 0 Å². The first-order valence-electron chi connectivity index (χ1n) is 3.65. The molecule has 1 rings (SSSR count). The summed E-state index contributed by atoms with van der Waals surface area (Å²) in [5.41, 5.74) is -1.05. The first-order chi connectivity index (χ1) is 6.79. The van der Waals surface area contributed by atoms with E-state index in [9.17, 15) is 26.8 Å². The Labute approximate surface area is 83.7 Å². The quantitative estimate of drug-likeness (QED) is 0.453. The van der Waals surface area contributed by atoms with Crippen molar-refractivity contribution in [1.29, 1.82) is 0 Å². The maximum Gasteiger partial charge on any atom is 0.306 e. The van der Waals surface area contributed by atoms with Gasteiger partial charge < -0.3 is 0 Å². The maximum atomic E-state index is 12.8. The molecule has 0 aromatic heterocycles. The van der Waals surface area contributed by atoms with Crippen molar-refractivity contribution in [3.05, 3.63) is 39.7 Å². The molecule has 0 heterocycles. The van der Waals surface area contributed by atoms with Gasteiger partial charge in [-0.05, 0) is 11.6 Å². The highest BCUT2D eigenvalue weighted by molar-refractivity contribution is 7.85. The molecule has 1 aromatic rings. The Hall–Kier alpha value is -1.57. The van der Waals surface area contributed by atoms with Gasteiger partial charge in [-0.1, -0.05) is 6.07 Å². The van der Waals surface area contributed by atoms with Gasteiger partial charge in [-0.15, -0.1) is 3.89 Å². The lowest BCUT2D eigenvalue weighted by Gasteiger charge is -1.98. The highest BCUT2D eigenvalue weighted by Crippen LogP contribution is 2.20. The van der Waals surface area contributed by atoms with Crippen LogP contribution in [0.4, 0.5) is 14.0 Å². The molecule has 0 bridgehead atoms. The van der Waals surface area contributed by atoms with E-state index in [2.05, 4.69) is 0 Å². The van der Waals surface area contributed by atoms with Crippen molar-refractivity contribution in [2.24, 2.45) is 0 Å². The third kappa shape index (κ3) is 3.24. The molecule has 0 radical (unpaired) electrons. The molecule has 5 nitrogen and oxygen atoms in total. The fraction of sp³-hybridized carbons (Fsp3) is 0.143. The predicted octanol–water partition coefficient (Wildman–Crippen LogP) is 1.53. The van der Waals surface area contributed by atoms with Crippen LogP contribution >= 0.6 is 0 Å². The van der Waals surface area contributed by atoms with Crippen LogP contribution in [-0.4, -0.2) is 13.3 Å². The maximum absolute atomic E-state index is 12.8. The Balaban J connectivity index is 3.14. The summed E-state index contributed by atoms with van der Waals surface area (Å²) in [5, 5.41) is 10.3.